The zero-order chi connectivity index (χ0) is 20.6. The summed E-state index contributed by atoms with van der Waals surface area (Å²) in [6, 6.07) is 5.49. The zero-order valence-electron chi connectivity index (χ0n) is 15.9. The normalized spacial score (nSPS) is 22.3. The van der Waals surface area contributed by atoms with Gasteiger partial charge in [0.25, 0.3) is 5.91 Å². The summed E-state index contributed by atoms with van der Waals surface area (Å²) in [5.41, 5.74) is 0.397. The predicted molar refractivity (Wildman–Crippen MR) is 105 cm³/mol. The van der Waals surface area contributed by atoms with Crippen LogP contribution in [0.25, 0.3) is 11.4 Å². The summed E-state index contributed by atoms with van der Waals surface area (Å²) in [4.78, 5) is 20.8. The standard InChI is InChI=1S/C20H22ClFN4O3/c1-11-2-3-12(6-14(11)21)17-24-7-13(8-25-19(28)20(22)4-5-20)18(26-17)29-16-10-23-9-15(16)27/h2-3,6-7,15-16,23,27H,4-5,8-10H2,1H3,(H,25,28)/t15-,16?/m0/s1. The number of nitrogens with zero attached hydrogens (tertiary/aromatic N) is 2. The van der Waals surface area contributed by atoms with Crippen molar-refractivity contribution in [2.75, 3.05) is 13.1 Å². The number of carbonyl (C=O) groups excluding carboxylic acids is 1. The first-order valence-corrected chi connectivity index (χ1v) is 9.88. The van der Waals surface area contributed by atoms with E-state index in [4.69, 9.17) is 16.3 Å². The molecule has 2 aliphatic rings. The van der Waals surface area contributed by atoms with Crippen molar-refractivity contribution in [3.8, 4) is 17.3 Å². The van der Waals surface area contributed by atoms with Gasteiger partial charge in [0.1, 0.15) is 12.2 Å². The summed E-state index contributed by atoms with van der Waals surface area (Å²) in [5, 5.41) is 16.3. The largest absolute Gasteiger partial charge is 0.470 e. The van der Waals surface area contributed by atoms with Gasteiger partial charge in [-0.3, -0.25) is 4.79 Å². The van der Waals surface area contributed by atoms with E-state index >= 15 is 0 Å². The second-order valence-corrected chi connectivity index (χ2v) is 7.93. The van der Waals surface area contributed by atoms with Crippen molar-refractivity contribution in [1.29, 1.82) is 0 Å². The number of nitrogens with one attached hydrogen (secondary N) is 2. The molecule has 0 bridgehead atoms. The van der Waals surface area contributed by atoms with Crippen LogP contribution >= 0.6 is 11.6 Å². The Balaban J connectivity index is 1.60. The Labute approximate surface area is 172 Å². The average Bonchev–Trinajstić information content (AvgIpc) is 3.34. The molecule has 9 heteroatoms. The fourth-order valence-electron chi connectivity index (χ4n) is 3.06. The highest BCUT2D eigenvalue weighted by molar-refractivity contribution is 6.31. The van der Waals surface area contributed by atoms with E-state index in [9.17, 15) is 14.3 Å². The van der Waals surface area contributed by atoms with E-state index < -0.39 is 23.8 Å². The van der Waals surface area contributed by atoms with E-state index in [-0.39, 0.29) is 25.3 Å². The van der Waals surface area contributed by atoms with Gasteiger partial charge in [-0.05, 0) is 31.4 Å². The summed E-state index contributed by atoms with van der Waals surface area (Å²) in [5.74, 6) is 0.00504. The predicted octanol–water partition coefficient (Wildman–Crippen LogP) is 1.94. The molecule has 1 amide bonds. The number of benzene rings is 1. The Morgan fingerprint density at radius 1 is 1.45 bits per heavy atom. The SMILES string of the molecule is Cc1ccc(-c2ncc(CNC(=O)C3(F)CC3)c(OC3CNC[C@@H]3O)n2)cc1Cl. The molecule has 4 rings (SSSR count). The highest BCUT2D eigenvalue weighted by atomic mass is 35.5. The molecule has 1 aliphatic carbocycles. The van der Waals surface area contributed by atoms with Gasteiger partial charge < -0.3 is 20.5 Å². The molecule has 2 heterocycles. The Morgan fingerprint density at radius 2 is 2.24 bits per heavy atom. The molecule has 154 valence electrons. The average molecular weight is 421 g/mol. The van der Waals surface area contributed by atoms with Crippen LogP contribution in [0.1, 0.15) is 24.0 Å². The fraction of sp³-hybridized carbons (Fsp3) is 0.450. The molecule has 1 saturated heterocycles. The number of amides is 1. The van der Waals surface area contributed by atoms with Crippen molar-refractivity contribution < 1.29 is 19.0 Å². The van der Waals surface area contributed by atoms with Gasteiger partial charge in [-0.2, -0.15) is 4.98 Å². The van der Waals surface area contributed by atoms with Crippen molar-refractivity contribution >= 4 is 17.5 Å². The minimum Gasteiger partial charge on any atom is -0.470 e. The molecule has 7 nitrogen and oxygen atoms in total. The summed E-state index contributed by atoms with van der Waals surface area (Å²) < 4.78 is 19.8. The number of alkyl halides is 1. The first kappa shape index (κ1) is 20.0. The van der Waals surface area contributed by atoms with Gasteiger partial charge in [0, 0.05) is 36.4 Å². The van der Waals surface area contributed by atoms with E-state index in [0.717, 1.165) is 5.56 Å². The third-order valence-electron chi connectivity index (χ3n) is 5.18. The van der Waals surface area contributed by atoms with Crippen molar-refractivity contribution in [3.05, 3.63) is 40.5 Å². The van der Waals surface area contributed by atoms with Gasteiger partial charge in [0.15, 0.2) is 11.5 Å². The summed E-state index contributed by atoms with van der Waals surface area (Å²) in [6.07, 6.45) is 0.866. The number of hydrogen-bond donors (Lipinski definition) is 3. The number of aryl methyl sites for hydroxylation is 1. The van der Waals surface area contributed by atoms with Crippen LogP contribution in [-0.4, -0.2) is 51.9 Å². The van der Waals surface area contributed by atoms with E-state index in [1.54, 1.807) is 6.07 Å². The quantitative estimate of drug-likeness (QED) is 0.661. The van der Waals surface area contributed by atoms with Crippen LogP contribution in [-0.2, 0) is 11.3 Å². The highest BCUT2D eigenvalue weighted by Gasteiger charge is 2.50. The second-order valence-electron chi connectivity index (χ2n) is 7.52. The monoisotopic (exact) mass is 420 g/mol. The van der Waals surface area contributed by atoms with Gasteiger partial charge in [-0.25, -0.2) is 9.37 Å². The smallest absolute Gasteiger partial charge is 0.257 e. The number of carbonyl (C=O) groups is 1. The molecule has 2 aromatic rings. The zero-order valence-corrected chi connectivity index (χ0v) is 16.7. The van der Waals surface area contributed by atoms with E-state index in [0.29, 0.717) is 35.1 Å². The molecule has 2 fully saturated rings. The lowest BCUT2D eigenvalue weighted by Crippen LogP contribution is -2.34. The number of ether oxygens (including phenoxy) is 1. The number of β-amino-alcohol motifs (C(OH)–C–C–N with tert-alkyl or cyclic N) is 1. The van der Waals surface area contributed by atoms with Crippen LogP contribution in [0.3, 0.4) is 0 Å². The molecule has 0 radical (unpaired) electrons. The number of hydrogen-bond acceptors (Lipinski definition) is 6. The molecule has 1 aliphatic heterocycles. The minimum absolute atomic E-state index is 0.0328. The van der Waals surface area contributed by atoms with Crippen LogP contribution in [0.4, 0.5) is 4.39 Å². The van der Waals surface area contributed by atoms with Crippen molar-refractivity contribution in [2.45, 2.75) is 44.2 Å². The van der Waals surface area contributed by atoms with Crippen molar-refractivity contribution in [2.24, 2.45) is 0 Å². The molecule has 1 aromatic heterocycles. The van der Waals surface area contributed by atoms with Crippen LogP contribution in [0.2, 0.25) is 5.02 Å². The topological polar surface area (TPSA) is 96.4 Å². The van der Waals surface area contributed by atoms with Crippen LogP contribution in [0.15, 0.2) is 24.4 Å². The van der Waals surface area contributed by atoms with Gasteiger partial charge >= 0.3 is 0 Å². The number of aliphatic hydroxyl groups is 1. The third-order valence-corrected chi connectivity index (χ3v) is 5.59. The summed E-state index contributed by atoms with van der Waals surface area (Å²) >= 11 is 6.21. The van der Waals surface area contributed by atoms with Gasteiger partial charge in [0.05, 0.1) is 5.56 Å². The first-order valence-electron chi connectivity index (χ1n) is 9.51. The lowest BCUT2D eigenvalue weighted by molar-refractivity contribution is -0.127. The molecule has 1 aromatic carbocycles. The third kappa shape index (κ3) is 4.34. The molecule has 1 saturated carbocycles. The Morgan fingerprint density at radius 3 is 2.90 bits per heavy atom. The lowest BCUT2D eigenvalue weighted by Gasteiger charge is -2.19. The second kappa shape index (κ2) is 7.85. The first-order chi connectivity index (χ1) is 13.9. The Bertz CT molecular complexity index is 938. The van der Waals surface area contributed by atoms with Crippen LogP contribution in [0.5, 0.6) is 5.88 Å². The van der Waals surface area contributed by atoms with Gasteiger partial charge in [-0.15, -0.1) is 0 Å². The maximum Gasteiger partial charge on any atom is 0.257 e. The van der Waals surface area contributed by atoms with E-state index in [2.05, 4.69) is 20.6 Å². The van der Waals surface area contributed by atoms with Crippen LogP contribution < -0.4 is 15.4 Å². The highest BCUT2D eigenvalue weighted by Crippen LogP contribution is 2.40. The molecule has 1 unspecified atom stereocenters. The Hall–Kier alpha value is -2.29. The van der Waals surface area contributed by atoms with Gasteiger partial charge in [-0.1, -0.05) is 23.7 Å². The number of halogens is 2. The molecular weight excluding hydrogens is 399 g/mol. The Kier molecular flexibility index (Phi) is 5.42. The lowest BCUT2D eigenvalue weighted by atomic mass is 10.1. The van der Waals surface area contributed by atoms with Gasteiger partial charge in [0.2, 0.25) is 5.88 Å². The molecule has 3 N–H and O–H groups in total. The fourth-order valence-corrected chi connectivity index (χ4v) is 3.24. The molecular formula is C20H22ClFN4O3. The van der Waals surface area contributed by atoms with Crippen molar-refractivity contribution in [3.63, 3.8) is 0 Å². The van der Waals surface area contributed by atoms with Crippen molar-refractivity contribution in [1.82, 2.24) is 20.6 Å². The molecule has 0 spiro atoms. The van der Waals surface area contributed by atoms with Crippen LogP contribution in [0, 0.1) is 6.92 Å². The number of aromatic nitrogens is 2. The summed E-state index contributed by atoms with van der Waals surface area (Å²) in [7, 11) is 0. The molecule has 2 atom stereocenters. The maximum absolute atomic E-state index is 13.9. The minimum atomic E-state index is -1.76. The summed E-state index contributed by atoms with van der Waals surface area (Å²) in [6.45, 7) is 2.83. The van der Waals surface area contributed by atoms with E-state index in [1.807, 2.05) is 19.1 Å². The number of rotatable bonds is 6. The molecule has 29 heavy (non-hydrogen) atoms. The van der Waals surface area contributed by atoms with E-state index in [1.165, 1.54) is 6.20 Å². The number of aliphatic hydroxyl groups excluding tert-OH is 1. The maximum atomic E-state index is 13.9.